The summed E-state index contributed by atoms with van der Waals surface area (Å²) in [5.74, 6) is -1.05. The second-order valence-corrected chi connectivity index (χ2v) is 4.32. The number of para-hydroxylation sites is 1. The highest BCUT2D eigenvalue weighted by Crippen LogP contribution is 2.20. The van der Waals surface area contributed by atoms with Gasteiger partial charge in [0.25, 0.3) is 5.91 Å². The van der Waals surface area contributed by atoms with E-state index in [1.54, 1.807) is 13.0 Å². The van der Waals surface area contributed by atoms with Crippen LogP contribution < -0.4 is 11.1 Å². The van der Waals surface area contributed by atoms with Crippen LogP contribution in [0.1, 0.15) is 15.9 Å². The topological polar surface area (TPSA) is 68.0 Å². The number of nitrogen functional groups attached to an aromatic ring is 1. The van der Waals surface area contributed by atoms with E-state index in [9.17, 15) is 9.18 Å². The Morgan fingerprint density at radius 1 is 1.42 bits per heavy atom. The van der Waals surface area contributed by atoms with Crippen LogP contribution in [0, 0.1) is 12.7 Å². The van der Waals surface area contributed by atoms with Gasteiger partial charge in [0.1, 0.15) is 16.8 Å². The Morgan fingerprint density at radius 3 is 2.79 bits per heavy atom. The Labute approximate surface area is 114 Å². The summed E-state index contributed by atoms with van der Waals surface area (Å²) in [6.07, 6.45) is 0. The molecule has 0 aliphatic carbocycles. The molecule has 1 heterocycles. The maximum absolute atomic E-state index is 13.4. The molecule has 1 amide bonds. The molecule has 1 aromatic carbocycles. The number of nitrogens with one attached hydrogen (secondary N) is 1. The highest BCUT2D eigenvalue weighted by molar-refractivity contribution is 6.30. The maximum Gasteiger partial charge on any atom is 0.259 e. The Hall–Kier alpha value is -2.14. The molecule has 0 radical (unpaired) electrons. The van der Waals surface area contributed by atoms with Crippen LogP contribution in [0.2, 0.25) is 5.15 Å². The molecule has 2 rings (SSSR count). The summed E-state index contributed by atoms with van der Waals surface area (Å²) < 4.78 is 13.4. The predicted octanol–water partition coefficient (Wildman–Crippen LogP) is 3.02. The zero-order valence-corrected chi connectivity index (χ0v) is 10.8. The fourth-order valence-corrected chi connectivity index (χ4v) is 1.68. The molecule has 6 heteroatoms. The lowest BCUT2D eigenvalue weighted by Gasteiger charge is -2.09. The fraction of sp³-hybridized carbons (Fsp3) is 0.0769. The van der Waals surface area contributed by atoms with Crippen LogP contribution in [0.4, 0.5) is 15.9 Å². The largest absolute Gasteiger partial charge is 0.383 e. The molecule has 0 saturated carbocycles. The molecule has 2 aromatic rings. The van der Waals surface area contributed by atoms with Crippen molar-refractivity contribution in [2.24, 2.45) is 0 Å². The lowest BCUT2D eigenvalue weighted by Crippen LogP contribution is -2.16. The van der Waals surface area contributed by atoms with Crippen molar-refractivity contribution >= 4 is 29.0 Å². The lowest BCUT2D eigenvalue weighted by molar-refractivity contribution is 0.102. The first-order valence-corrected chi connectivity index (χ1v) is 5.85. The summed E-state index contributed by atoms with van der Waals surface area (Å²) in [4.78, 5) is 15.9. The van der Waals surface area contributed by atoms with Crippen molar-refractivity contribution in [1.29, 1.82) is 0 Å². The van der Waals surface area contributed by atoms with Gasteiger partial charge < -0.3 is 11.1 Å². The van der Waals surface area contributed by atoms with E-state index in [-0.39, 0.29) is 22.2 Å². The smallest absolute Gasteiger partial charge is 0.259 e. The second kappa shape index (κ2) is 5.24. The Kier molecular flexibility index (Phi) is 3.66. The number of rotatable bonds is 2. The van der Waals surface area contributed by atoms with Crippen LogP contribution in [0.15, 0.2) is 30.3 Å². The molecule has 0 aliphatic rings. The van der Waals surface area contributed by atoms with Gasteiger partial charge in [0.05, 0.1) is 11.3 Å². The van der Waals surface area contributed by atoms with E-state index in [2.05, 4.69) is 10.3 Å². The van der Waals surface area contributed by atoms with E-state index in [1.807, 2.05) is 0 Å². The number of amides is 1. The van der Waals surface area contributed by atoms with Gasteiger partial charge in [-0.25, -0.2) is 9.37 Å². The molecule has 0 fully saturated rings. The molecule has 0 spiro atoms. The van der Waals surface area contributed by atoms with Gasteiger partial charge in [-0.2, -0.15) is 0 Å². The number of nitrogens with zero attached hydrogens (tertiary/aromatic N) is 1. The van der Waals surface area contributed by atoms with Crippen molar-refractivity contribution in [2.45, 2.75) is 6.92 Å². The summed E-state index contributed by atoms with van der Waals surface area (Å²) in [6, 6.07) is 7.38. The van der Waals surface area contributed by atoms with Crippen molar-refractivity contribution in [3.63, 3.8) is 0 Å². The third kappa shape index (κ3) is 2.82. The molecule has 4 nitrogen and oxygen atoms in total. The Morgan fingerprint density at radius 2 is 2.11 bits per heavy atom. The first kappa shape index (κ1) is 13.3. The zero-order chi connectivity index (χ0) is 14.0. The Bertz CT molecular complexity index is 646. The first-order valence-electron chi connectivity index (χ1n) is 5.47. The zero-order valence-electron chi connectivity index (χ0n) is 10.1. The number of pyridine rings is 1. The van der Waals surface area contributed by atoms with E-state index in [1.165, 1.54) is 24.3 Å². The van der Waals surface area contributed by atoms with Gasteiger partial charge in [0.15, 0.2) is 0 Å². The fourth-order valence-electron chi connectivity index (χ4n) is 1.54. The molecule has 0 atom stereocenters. The molecule has 98 valence electrons. The van der Waals surface area contributed by atoms with Gasteiger partial charge in [-0.05, 0) is 30.7 Å². The van der Waals surface area contributed by atoms with E-state index < -0.39 is 11.7 Å². The van der Waals surface area contributed by atoms with Crippen LogP contribution >= 0.6 is 11.6 Å². The quantitative estimate of drug-likeness (QED) is 0.830. The highest BCUT2D eigenvalue weighted by atomic mass is 35.5. The van der Waals surface area contributed by atoms with Crippen molar-refractivity contribution in [1.82, 2.24) is 4.98 Å². The van der Waals surface area contributed by atoms with E-state index in [0.717, 1.165) is 0 Å². The maximum atomic E-state index is 13.4. The number of nitrogens with two attached hydrogens (primary N) is 1. The van der Waals surface area contributed by atoms with Crippen LogP contribution in [0.25, 0.3) is 0 Å². The van der Waals surface area contributed by atoms with E-state index in [0.29, 0.717) is 5.56 Å². The number of benzene rings is 1. The van der Waals surface area contributed by atoms with Crippen LogP contribution in [-0.4, -0.2) is 10.9 Å². The summed E-state index contributed by atoms with van der Waals surface area (Å²) in [7, 11) is 0. The molecule has 0 saturated heterocycles. The van der Waals surface area contributed by atoms with Gasteiger partial charge in [-0.1, -0.05) is 23.7 Å². The minimum atomic E-state index is -0.533. The molecular weight excluding hydrogens is 269 g/mol. The third-order valence-electron chi connectivity index (χ3n) is 2.55. The number of aromatic nitrogens is 1. The lowest BCUT2D eigenvalue weighted by atomic mass is 10.2. The van der Waals surface area contributed by atoms with Crippen LogP contribution in [0.3, 0.4) is 0 Å². The average molecular weight is 280 g/mol. The molecule has 3 N–H and O–H groups in total. The number of halogens is 2. The van der Waals surface area contributed by atoms with Gasteiger partial charge in [0, 0.05) is 0 Å². The van der Waals surface area contributed by atoms with E-state index in [4.69, 9.17) is 17.3 Å². The molecule has 19 heavy (non-hydrogen) atoms. The van der Waals surface area contributed by atoms with Crippen molar-refractivity contribution in [3.8, 4) is 0 Å². The van der Waals surface area contributed by atoms with Gasteiger partial charge in [-0.3, -0.25) is 4.79 Å². The molecule has 0 bridgehead atoms. The summed E-state index contributed by atoms with van der Waals surface area (Å²) in [5.41, 5.74) is 6.49. The predicted molar refractivity (Wildman–Crippen MR) is 72.7 cm³/mol. The van der Waals surface area contributed by atoms with Crippen molar-refractivity contribution in [2.75, 3.05) is 11.1 Å². The van der Waals surface area contributed by atoms with Crippen LogP contribution in [0.5, 0.6) is 0 Å². The van der Waals surface area contributed by atoms with Crippen molar-refractivity contribution < 1.29 is 9.18 Å². The minimum absolute atomic E-state index is 0.00411. The summed E-state index contributed by atoms with van der Waals surface area (Å²) in [6.45, 7) is 1.70. The number of carbonyl (C=O) groups is 1. The van der Waals surface area contributed by atoms with E-state index >= 15 is 0 Å². The highest BCUT2D eigenvalue weighted by Gasteiger charge is 2.14. The van der Waals surface area contributed by atoms with Crippen molar-refractivity contribution in [3.05, 3.63) is 52.4 Å². The third-order valence-corrected chi connectivity index (χ3v) is 2.93. The average Bonchev–Trinajstić information content (AvgIpc) is 2.36. The number of carbonyl (C=O) groups excluding carboxylic acids is 1. The van der Waals surface area contributed by atoms with Gasteiger partial charge in [-0.15, -0.1) is 0 Å². The monoisotopic (exact) mass is 279 g/mol. The first-order chi connectivity index (χ1) is 8.99. The van der Waals surface area contributed by atoms with Crippen LogP contribution in [-0.2, 0) is 0 Å². The van der Waals surface area contributed by atoms with Gasteiger partial charge >= 0.3 is 0 Å². The normalized spacial score (nSPS) is 10.3. The Balaban J connectivity index is 2.31. The molecule has 1 aromatic heterocycles. The summed E-state index contributed by atoms with van der Waals surface area (Å²) in [5, 5.41) is 2.67. The molecular formula is C13H11ClFN3O. The van der Waals surface area contributed by atoms with Gasteiger partial charge in [0.2, 0.25) is 0 Å². The SMILES string of the molecule is Cc1cc(C(=O)Nc2ccccc2F)c(N)nc1Cl. The number of hydrogen-bond donors (Lipinski definition) is 2. The summed E-state index contributed by atoms with van der Waals surface area (Å²) >= 11 is 5.79. The standard InChI is InChI=1S/C13H11ClFN3O/c1-7-6-8(12(16)18-11(7)14)13(19)17-10-5-3-2-4-9(10)15/h2-6H,1H3,(H2,16,18)(H,17,19). The number of aryl methyl sites for hydroxylation is 1. The number of anilines is 2. The number of hydrogen-bond acceptors (Lipinski definition) is 3. The second-order valence-electron chi connectivity index (χ2n) is 3.96. The molecule has 0 aliphatic heterocycles. The minimum Gasteiger partial charge on any atom is -0.383 e. The molecule has 0 unspecified atom stereocenters.